The summed E-state index contributed by atoms with van der Waals surface area (Å²) in [6, 6.07) is 11.6. The van der Waals surface area contributed by atoms with Crippen molar-refractivity contribution in [3.8, 4) is 6.07 Å². The minimum atomic E-state index is 0.662. The predicted octanol–water partition coefficient (Wildman–Crippen LogP) is 2.76. The Labute approximate surface area is 122 Å². The van der Waals surface area contributed by atoms with Gasteiger partial charge in [0.1, 0.15) is 0 Å². The molecule has 0 aliphatic carbocycles. The predicted molar refractivity (Wildman–Crippen MR) is 81.7 cm³/mol. The highest BCUT2D eigenvalue weighted by atomic mass is 15.3. The Kier molecular flexibility index (Phi) is 3.28. The van der Waals surface area contributed by atoms with E-state index in [1.165, 1.54) is 0 Å². The molecule has 2 aromatic heterocycles. The summed E-state index contributed by atoms with van der Waals surface area (Å²) in [5.74, 6) is 0. The van der Waals surface area contributed by atoms with Crippen LogP contribution in [0.1, 0.15) is 16.8 Å². The molecule has 21 heavy (non-hydrogen) atoms. The van der Waals surface area contributed by atoms with E-state index in [1.54, 1.807) is 16.8 Å². The molecule has 0 saturated carbocycles. The number of pyridine rings is 1. The number of nitrogens with zero attached hydrogens (tertiary/aromatic N) is 4. The molecule has 0 saturated heterocycles. The van der Waals surface area contributed by atoms with Crippen molar-refractivity contribution in [3.05, 3.63) is 53.3 Å². The zero-order chi connectivity index (χ0) is 14.8. The molecule has 0 amide bonds. The number of hydrogen-bond acceptors (Lipinski definition) is 4. The van der Waals surface area contributed by atoms with Gasteiger partial charge in [-0.3, -0.25) is 4.68 Å². The number of anilines is 1. The molecule has 0 aliphatic rings. The third-order valence-corrected chi connectivity index (χ3v) is 3.43. The number of nitrogens with one attached hydrogen (secondary N) is 1. The molecule has 0 aliphatic heterocycles. The van der Waals surface area contributed by atoms with Crippen molar-refractivity contribution in [2.24, 2.45) is 7.05 Å². The van der Waals surface area contributed by atoms with Crippen LogP contribution in [0.2, 0.25) is 0 Å². The van der Waals surface area contributed by atoms with Crippen LogP contribution in [0.4, 0.5) is 5.69 Å². The normalized spacial score (nSPS) is 10.5. The number of benzene rings is 1. The van der Waals surface area contributed by atoms with E-state index in [0.29, 0.717) is 12.1 Å². The number of hydrogen-bond donors (Lipinski definition) is 1. The Balaban J connectivity index is 1.78. The summed E-state index contributed by atoms with van der Waals surface area (Å²) < 4.78 is 1.79. The summed E-state index contributed by atoms with van der Waals surface area (Å²) in [4.78, 5) is 4.46. The van der Waals surface area contributed by atoms with E-state index >= 15 is 0 Å². The molecule has 3 rings (SSSR count). The maximum atomic E-state index is 8.78. The lowest BCUT2D eigenvalue weighted by atomic mass is 10.2. The largest absolute Gasteiger partial charge is 0.381 e. The van der Waals surface area contributed by atoms with Gasteiger partial charge in [-0.1, -0.05) is 0 Å². The van der Waals surface area contributed by atoms with Gasteiger partial charge in [-0.25, -0.2) is 4.98 Å². The Morgan fingerprint density at radius 1 is 1.29 bits per heavy atom. The van der Waals surface area contributed by atoms with Gasteiger partial charge < -0.3 is 5.32 Å². The summed E-state index contributed by atoms with van der Waals surface area (Å²) in [6.07, 6.45) is 1.86. The molecule has 0 radical (unpaired) electrons. The summed E-state index contributed by atoms with van der Waals surface area (Å²) in [5.41, 5.74) is 4.63. The first-order chi connectivity index (χ1) is 10.2. The standard InChI is InChI=1S/C16H15N5/c1-11-15-7-13(10-19-16(15)21(2)20-11)9-18-14-5-3-12(8-17)4-6-14/h3-7,10,18H,9H2,1-2H3. The van der Waals surface area contributed by atoms with E-state index in [-0.39, 0.29) is 0 Å². The zero-order valence-corrected chi connectivity index (χ0v) is 12.0. The molecule has 5 nitrogen and oxygen atoms in total. The highest BCUT2D eigenvalue weighted by Crippen LogP contribution is 2.17. The number of fused-ring (bicyclic) bond motifs is 1. The molecule has 104 valence electrons. The van der Waals surface area contributed by atoms with E-state index in [0.717, 1.165) is 28.0 Å². The van der Waals surface area contributed by atoms with E-state index in [2.05, 4.69) is 27.5 Å². The van der Waals surface area contributed by atoms with Gasteiger partial charge in [0, 0.05) is 30.9 Å². The lowest BCUT2D eigenvalue weighted by Gasteiger charge is -2.06. The minimum Gasteiger partial charge on any atom is -0.381 e. The summed E-state index contributed by atoms with van der Waals surface area (Å²) in [5, 5.41) is 17.6. The van der Waals surface area contributed by atoms with Crippen molar-refractivity contribution in [1.82, 2.24) is 14.8 Å². The first-order valence-corrected chi connectivity index (χ1v) is 6.69. The van der Waals surface area contributed by atoms with Crippen LogP contribution in [-0.2, 0) is 13.6 Å². The minimum absolute atomic E-state index is 0.662. The number of nitriles is 1. The molecular weight excluding hydrogens is 262 g/mol. The second kappa shape index (κ2) is 5.25. The molecule has 1 N–H and O–H groups in total. The molecule has 2 heterocycles. The Bertz CT molecular complexity index is 824. The summed E-state index contributed by atoms with van der Waals surface area (Å²) in [6.45, 7) is 2.67. The molecule has 1 aromatic carbocycles. The van der Waals surface area contributed by atoms with Crippen molar-refractivity contribution in [3.63, 3.8) is 0 Å². The Morgan fingerprint density at radius 2 is 2.05 bits per heavy atom. The van der Waals surface area contributed by atoms with E-state index < -0.39 is 0 Å². The monoisotopic (exact) mass is 277 g/mol. The fourth-order valence-corrected chi connectivity index (χ4v) is 2.31. The second-order valence-electron chi connectivity index (χ2n) is 4.97. The SMILES string of the molecule is Cc1nn(C)c2ncc(CNc3ccc(C#N)cc3)cc12. The van der Waals surface area contributed by atoms with Gasteiger partial charge >= 0.3 is 0 Å². The van der Waals surface area contributed by atoms with Crippen molar-refractivity contribution in [2.45, 2.75) is 13.5 Å². The number of aryl methyl sites for hydroxylation is 2. The highest BCUT2D eigenvalue weighted by Gasteiger charge is 2.06. The number of rotatable bonds is 3. The lowest BCUT2D eigenvalue weighted by Crippen LogP contribution is -2.00. The Hall–Kier alpha value is -2.87. The van der Waals surface area contributed by atoms with Crippen LogP contribution >= 0.6 is 0 Å². The lowest BCUT2D eigenvalue weighted by molar-refractivity contribution is 0.773. The fourth-order valence-electron chi connectivity index (χ4n) is 2.31. The van der Waals surface area contributed by atoms with Crippen molar-refractivity contribution < 1.29 is 0 Å². The topological polar surface area (TPSA) is 66.5 Å². The van der Waals surface area contributed by atoms with Gasteiger partial charge in [0.05, 0.1) is 17.3 Å². The smallest absolute Gasteiger partial charge is 0.157 e. The maximum absolute atomic E-state index is 8.78. The van der Waals surface area contributed by atoms with Crippen LogP contribution in [0.3, 0.4) is 0 Å². The quantitative estimate of drug-likeness (QED) is 0.799. The first kappa shape index (κ1) is 13.1. The zero-order valence-electron chi connectivity index (χ0n) is 12.0. The average Bonchev–Trinajstić information content (AvgIpc) is 2.80. The van der Waals surface area contributed by atoms with Gasteiger partial charge in [0.25, 0.3) is 0 Å². The molecule has 0 spiro atoms. The summed E-state index contributed by atoms with van der Waals surface area (Å²) in [7, 11) is 1.90. The molecule has 0 atom stereocenters. The average molecular weight is 277 g/mol. The van der Waals surface area contributed by atoms with Crippen LogP contribution in [0, 0.1) is 18.3 Å². The third kappa shape index (κ3) is 2.56. The van der Waals surface area contributed by atoms with Crippen molar-refractivity contribution in [1.29, 1.82) is 5.26 Å². The molecule has 3 aromatic rings. The van der Waals surface area contributed by atoms with Crippen LogP contribution < -0.4 is 5.32 Å². The molecular formula is C16H15N5. The van der Waals surface area contributed by atoms with E-state index in [9.17, 15) is 0 Å². The second-order valence-corrected chi connectivity index (χ2v) is 4.97. The van der Waals surface area contributed by atoms with Crippen molar-refractivity contribution in [2.75, 3.05) is 5.32 Å². The van der Waals surface area contributed by atoms with E-state index in [4.69, 9.17) is 5.26 Å². The van der Waals surface area contributed by atoms with Gasteiger partial charge in [-0.05, 0) is 42.8 Å². The fraction of sp³-hybridized carbons (Fsp3) is 0.188. The van der Waals surface area contributed by atoms with Crippen LogP contribution in [0.5, 0.6) is 0 Å². The van der Waals surface area contributed by atoms with Crippen molar-refractivity contribution >= 4 is 16.7 Å². The third-order valence-electron chi connectivity index (χ3n) is 3.43. The molecule has 0 fully saturated rings. The van der Waals surface area contributed by atoms with Gasteiger partial charge in [-0.15, -0.1) is 0 Å². The highest BCUT2D eigenvalue weighted by molar-refractivity contribution is 5.78. The first-order valence-electron chi connectivity index (χ1n) is 6.69. The molecule has 0 unspecified atom stereocenters. The van der Waals surface area contributed by atoms with Crippen LogP contribution in [0.15, 0.2) is 36.5 Å². The Morgan fingerprint density at radius 3 is 2.76 bits per heavy atom. The number of aromatic nitrogens is 3. The maximum Gasteiger partial charge on any atom is 0.157 e. The molecule has 5 heteroatoms. The van der Waals surface area contributed by atoms with Gasteiger partial charge in [0.2, 0.25) is 0 Å². The van der Waals surface area contributed by atoms with Gasteiger partial charge in [0.15, 0.2) is 5.65 Å². The van der Waals surface area contributed by atoms with Gasteiger partial charge in [-0.2, -0.15) is 10.4 Å². The molecule has 0 bridgehead atoms. The van der Waals surface area contributed by atoms with Crippen LogP contribution in [-0.4, -0.2) is 14.8 Å². The van der Waals surface area contributed by atoms with E-state index in [1.807, 2.05) is 32.3 Å². The summed E-state index contributed by atoms with van der Waals surface area (Å²) >= 11 is 0. The van der Waals surface area contributed by atoms with Crippen LogP contribution in [0.25, 0.3) is 11.0 Å².